The van der Waals surface area contributed by atoms with Gasteiger partial charge in [-0.3, -0.25) is 24.1 Å². The van der Waals surface area contributed by atoms with Gasteiger partial charge in [-0.1, -0.05) is 51.0 Å². The van der Waals surface area contributed by atoms with Crippen LogP contribution in [0.4, 0.5) is 10.5 Å². The molecule has 3 fully saturated rings. The van der Waals surface area contributed by atoms with Crippen molar-refractivity contribution in [2.45, 2.75) is 167 Å². The van der Waals surface area contributed by atoms with Gasteiger partial charge >= 0.3 is 12.1 Å². The average Bonchev–Trinajstić information content (AvgIpc) is 2.27. The Kier molecular flexibility index (Phi) is 15.1. The number of unbranched alkanes of at least 4 members (excludes halogenated alkanes) is 3. The topological polar surface area (TPSA) is 164 Å². The van der Waals surface area contributed by atoms with E-state index in [0.29, 0.717) is 67.2 Å². The largest absolute Gasteiger partial charge is 0.490 e. The van der Waals surface area contributed by atoms with E-state index in [2.05, 4.69) is 74.5 Å². The quantitative estimate of drug-likeness (QED) is 0.0779. The molecule has 5 heterocycles. The van der Waals surface area contributed by atoms with E-state index < -0.39 is 22.6 Å². The van der Waals surface area contributed by atoms with Gasteiger partial charge in [-0.25, -0.2) is 9.78 Å². The molecule has 1 saturated heterocycles. The maximum absolute atomic E-state index is 14.1. The number of anilines is 1. The van der Waals surface area contributed by atoms with Crippen LogP contribution in [0.25, 0.3) is 22.3 Å². The number of carbonyl (C=O) groups excluding carboxylic acids is 4. The van der Waals surface area contributed by atoms with Gasteiger partial charge in [0.2, 0.25) is 0 Å². The van der Waals surface area contributed by atoms with Crippen molar-refractivity contribution in [1.82, 2.24) is 24.3 Å². The van der Waals surface area contributed by atoms with E-state index in [4.69, 9.17) is 19.2 Å². The Morgan fingerprint density at radius 1 is 0.938 bits per heavy atom. The summed E-state index contributed by atoms with van der Waals surface area (Å²) in [6.45, 7) is 19.4. The molecule has 2 aromatic heterocycles. The van der Waals surface area contributed by atoms with Crippen LogP contribution >= 0.6 is 0 Å². The number of Topliss-reactive ketones (excluding diaryl/α,β-unsaturated/α-hetero) is 1. The van der Waals surface area contributed by atoms with Crippen LogP contribution in [0.1, 0.15) is 152 Å². The summed E-state index contributed by atoms with van der Waals surface area (Å²) >= 11 is 0. The zero-order valence-electron chi connectivity index (χ0n) is 49.1. The monoisotopic (exact) mass is 1100 g/mol. The predicted octanol–water partition coefficient (Wildman–Crippen LogP) is 10.5. The van der Waals surface area contributed by atoms with Gasteiger partial charge in [0.05, 0.1) is 29.0 Å². The summed E-state index contributed by atoms with van der Waals surface area (Å²) in [6, 6.07) is 16.8. The minimum atomic E-state index is -1.47. The highest BCUT2D eigenvalue weighted by Gasteiger charge is 2.67. The minimum absolute atomic E-state index is 0.0450. The molecular weight excluding hydrogens is 1020 g/mol. The molecular formula is C66H82N6O9. The number of ether oxygens (including phenoxy) is 3. The Balaban J connectivity index is 0.693. The number of benzene rings is 2. The van der Waals surface area contributed by atoms with Gasteiger partial charge < -0.3 is 38.6 Å². The number of allylic oxidation sites excluding steroid dienone is 4. The first-order chi connectivity index (χ1) is 38.7. The highest BCUT2D eigenvalue weighted by Crippen LogP contribution is 2.68. The predicted molar refractivity (Wildman–Crippen MR) is 313 cm³/mol. The second-order valence-electron chi connectivity index (χ2n) is 25.2. The molecule has 15 heteroatoms. The number of amides is 1. The van der Waals surface area contributed by atoms with Crippen molar-refractivity contribution in [2.75, 3.05) is 52.2 Å². The second-order valence-corrected chi connectivity index (χ2v) is 25.2. The maximum atomic E-state index is 14.1. The number of ketones is 2. The van der Waals surface area contributed by atoms with E-state index in [0.717, 1.165) is 105 Å². The lowest BCUT2D eigenvalue weighted by atomic mass is 9.50. The molecule has 7 aliphatic rings. The third kappa shape index (κ3) is 9.76. The molecule has 430 valence electrons. The van der Waals surface area contributed by atoms with Crippen LogP contribution in [0.5, 0.6) is 5.75 Å². The Bertz CT molecular complexity index is 3360. The SMILES string of the molecule is C=C1OCc2c(cc3n(c2=O)Cc2cc4c(CN(C)C)c(OC(=O)N5C[C@@H](C)N(CCCCCCN(C)c6ccc([C@H]7C[C@@]8(C)[C@@H](CC[C@]8(OC(C)=O)C(C)=O)[C@@H]8CCC9=CC(=O)CCC9=C87)cc6)C[C@@H]5C)ccc4nc2-3)[C@@]1(O)CC. The molecule has 0 unspecified atom stereocenters. The molecule has 0 bridgehead atoms. The first-order valence-corrected chi connectivity index (χ1v) is 29.8. The third-order valence-electron chi connectivity index (χ3n) is 20.1. The summed E-state index contributed by atoms with van der Waals surface area (Å²) in [7, 11) is 6.13. The zero-order valence-corrected chi connectivity index (χ0v) is 49.1. The number of nitrogens with zero attached hydrogens (tertiary/aromatic N) is 6. The molecule has 2 aromatic carbocycles. The summed E-state index contributed by atoms with van der Waals surface area (Å²) in [5.74, 6) is 1.04. The Morgan fingerprint density at radius 2 is 1.70 bits per heavy atom. The molecule has 0 spiro atoms. The van der Waals surface area contributed by atoms with Gasteiger partial charge in [-0.05, 0) is 170 Å². The molecule has 2 saturated carbocycles. The number of aliphatic hydroxyl groups is 1. The van der Waals surface area contributed by atoms with Gasteiger partial charge in [0.15, 0.2) is 17.2 Å². The van der Waals surface area contributed by atoms with E-state index >= 15 is 0 Å². The van der Waals surface area contributed by atoms with Crippen LogP contribution in [0.15, 0.2) is 88.5 Å². The first-order valence-electron chi connectivity index (χ1n) is 29.8. The molecule has 8 atom stereocenters. The lowest BCUT2D eigenvalue weighted by molar-refractivity contribution is -0.182. The van der Waals surface area contributed by atoms with Gasteiger partial charge in [0.25, 0.3) is 5.56 Å². The highest BCUT2D eigenvalue weighted by atomic mass is 16.6. The minimum Gasteiger partial charge on any atom is -0.490 e. The fourth-order valence-electron chi connectivity index (χ4n) is 15.8. The van der Waals surface area contributed by atoms with Crippen LogP contribution in [-0.2, 0) is 49.2 Å². The fourth-order valence-corrected chi connectivity index (χ4v) is 15.8. The Hall–Kier alpha value is -6.42. The van der Waals surface area contributed by atoms with Crippen molar-refractivity contribution >= 4 is 40.2 Å². The summed E-state index contributed by atoms with van der Waals surface area (Å²) < 4.78 is 19.9. The van der Waals surface area contributed by atoms with Crippen molar-refractivity contribution in [3.8, 4) is 17.1 Å². The van der Waals surface area contributed by atoms with Crippen LogP contribution in [0.2, 0.25) is 0 Å². The molecule has 4 aliphatic carbocycles. The number of pyridine rings is 2. The van der Waals surface area contributed by atoms with E-state index in [1.807, 2.05) is 55.1 Å². The third-order valence-corrected chi connectivity index (χ3v) is 20.1. The molecule has 81 heavy (non-hydrogen) atoms. The summed E-state index contributed by atoms with van der Waals surface area (Å²) in [6.07, 6.45) is 11.4. The second kappa shape index (κ2) is 21.7. The van der Waals surface area contributed by atoms with Crippen molar-refractivity contribution in [3.63, 3.8) is 0 Å². The number of piperazine rings is 1. The number of rotatable bonds is 15. The van der Waals surface area contributed by atoms with Crippen molar-refractivity contribution in [3.05, 3.63) is 122 Å². The fraction of sp³-hybridized carbons (Fsp3) is 0.545. The smallest absolute Gasteiger partial charge is 0.415 e. The number of fused-ring (bicyclic) bond motifs is 9. The average molecular weight is 1100 g/mol. The lowest BCUT2D eigenvalue weighted by Crippen LogP contribution is -2.58. The van der Waals surface area contributed by atoms with Crippen molar-refractivity contribution in [1.29, 1.82) is 0 Å². The zero-order chi connectivity index (χ0) is 57.4. The molecule has 1 N–H and O–H groups in total. The van der Waals surface area contributed by atoms with Gasteiger partial charge in [0.1, 0.15) is 23.7 Å². The molecule has 15 nitrogen and oxygen atoms in total. The van der Waals surface area contributed by atoms with E-state index in [1.54, 1.807) is 11.5 Å². The molecule has 3 aliphatic heterocycles. The van der Waals surface area contributed by atoms with Crippen molar-refractivity contribution in [2.24, 2.45) is 17.3 Å². The first kappa shape index (κ1) is 56.4. The molecule has 1 amide bonds. The number of aromatic nitrogens is 2. The number of hydrogen-bond donors (Lipinski definition) is 1. The van der Waals surface area contributed by atoms with Gasteiger partial charge in [-0.2, -0.15) is 0 Å². The number of carbonyl (C=O) groups is 4. The van der Waals surface area contributed by atoms with Crippen LogP contribution in [0.3, 0.4) is 0 Å². The lowest BCUT2D eigenvalue weighted by Gasteiger charge is -2.55. The standard InChI is InChI=1S/C66H82N6O9/c1-11-65(78)42(5)79-38-54-56(65)32-58-61-46(36-72(58)62(54)76)31-51-53(37-68(8)9)59(25-24-57(51)67-61)80-63(77)71-35-39(2)70(34-40(71)3)29-15-13-12-14-28-69(10)47-19-16-44(17-20-47)52-33-64(7)55(26-27-66(64,41(4)73)81-43(6)74)50-22-18-45-30-48(75)21-23-49(45)60(50)52/h16-17,19-20,24-25,30-32,39-40,50,52,55,78H,5,11-15,18,21-23,26-29,33-38H2,1-4,6-10H3/t39-,40+,50+,52-,55+,64+,65-,66+/m1/s1. The highest BCUT2D eigenvalue weighted by molar-refractivity contribution is 5.93. The maximum Gasteiger partial charge on any atom is 0.415 e. The Labute approximate surface area is 477 Å². The molecule has 4 aromatic rings. The van der Waals surface area contributed by atoms with Crippen molar-refractivity contribution < 1.29 is 38.5 Å². The van der Waals surface area contributed by atoms with Crippen LogP contribution in [0, 0.1) is 17.3 Å². The molecule has 0 radical (unpaired) electrons. The summed E-state index contributed by atoms with van der Waals surface area (Å²) in [4.78, 5) is 80.8. The summed E-state index contributed by atoms with van der Waals surface area (Å²) in [5, 5.41) is 12.4. The molecule has 11 rings (SSSR count). The van der Waals surface area contributed by atoms with Crippen LogP contribution < -0.4 is 15.2 Å². The van der Waals surface area contributed by atoms with Gasteiger partial charge in [0, 0.05) is 97.8 Å². The van der Waals surface area contributed by atoms with Gasteiger partial charge in [-0.15, -0.1) is 0 Å². The normalized spacial score (nSPS) is 27.7. The summed E-state index contributed by atoms with van der Waals surface area (Å²) in [5.41, 5.74) is 7.82. The number of hydrogen-bond acceptors (Lipinski definition) is 13. The van der Waals surface area contributed by atoms with Crippen LogP contribution in [-0.4, -0.2) is 118 Å². The number of esters is 1. The van der Waals surface area contributed by atoms with E-state index in [-0.39, 0.29) is 65.4 Å². The van der Waals surface area contributed by atoms with E-state index in [9.17, 15) is 29.1 Å². The van der Waals surface area contributed by atoms with E-state index in [1.165, 1.54) is 29.2 Å². The Morgan fingerprint density at radius 3 is 2.43 bits per heavy atom.